The highest BCUT2D eigenvalue weighted by Gasteiger charge is 2.35. The van der Waals surface area contributed by atoms with Gasteiger partial charge in [-0.05, 0) is 36.0 Å². The molecular weight excluding hydrogens is 260 g/mol. The molecule has 0 spiro atoms. The number of hydrogen-bond acceptors (Lipinski definition) is 2. The average molecular weight is 280 g/mol. The third-order valence-electron chi connectivity index (χ3n) is 4.17. The van der Waals surface area contributed by atoms with E-state index in [1.807, 2.05) is 35.2 Å². The van der Waals surface area contributed by atoms with Crippen LogP contribution in [-0.4, -0.2) is 10.9 Å². The number of anilines is 1. The lowest BCUT2D eigenvalue weighted by Crippen LogP contribution is -2.30. The Balaban J connectivity index is 1.79. The average Bonchev–Trinajstić information content (AvgIpc) is 3.21. The van der Waals surface area contributed by atoms with Gasteiger partial charge in [-0.15, -0.1) is 0 Å². The maximum atomic E-state index is 12.6. The molecule has 0 radical (unpaired) electrons. The minimum atomic E-state index is 0.208. The largest absolute Gasteiger partial charge is 0.308 e. The number of benzene rings is 1. The summed E-state index contributed by atoms with van der Waals surface area (Å²) in [4.78, 5) is 18.6. The SMILES string of the molecule is CC1CC1CC(=O)N(Cc1ccccc1)c1ccncc1. The van der Waals surface area contributed by atoms with Gasteiger partial charge in [0.15, 0.2) is 0 Å². The molecule has 1 aromatic heterocycles. The van der Waals surface area contributed by atoms with Crippen LogP contribution in [0.2, 0.25) is 0 Å². The van der Waals surface area contributed by atoms with Crippen LogP contribution < -0.4 is 4.90 Å². The van der Waals surface area contributed by atoms with Crippen LogP contribution in [0.1, 0.15) is 25.3 Å². The third-order valence-corrected chi connectivity index (χ3v) is 4.17. The lowest BCUT2D eigenvalue weighted by atomic mass is 10.1. The Kier molecular flexibility index (Phi) is 4.00. The molecule has 0 saturated heterocycles. The van der Waals surface area contributed by atoms with Crippen molar-refractivity contribution in [3.05, 3.63) is 60.4 Å². The standard InChI is InChI=1S/C18H20N2O/c1-14-11-16(14)12-18(21)20(17-7-9-19-10-8-17)13-15-5-3-2-4-6-15/h2-10,14,16H,11-13H2,1H3. The van der Waals surface area contributed by atoms with Crippen LogP contribution in [0.5, 0.6) is 0 Å². The van der Waals surface area contributed by atoms with E-state index in [1.54, 1.807) is 12.4 Å². The van der Waals surface area contributed by atoms with Crippen molar-refractivity contribution in [1.29, 1.82) is 0 Å². The van der Waals surface area contributed by atoms with Crippen LogP contribution in [0.4, 0.5) is 5.69 Å². The molecule has 3 rings (SSSR count). The molecule has 1 fully saturated rings. The minimum Gasteiger partial charge on any atom is -0.308 e. The number of aromatic nitrogens is 1. The molecule has 1 heterocycles. The second-order valence-corrected chi connectivity index (χ2v) is 5.85. The lowest BCUT2D eigenvalue weighted by Gasteiger charge is -2.23. The van der Waals surface area contributed by atoms with Gasteiger partial charge >= 0.3 is 0 Å². The van der Waals surface area contributed by atoms with Crippen LogP contribution in [0.15, 0.2) is 54.9 Å². The summed E-state index contributed by atoms with van der Waals surface area (Å²) < 4.78 is 0. The van der Waals surface area contributed by atoms with E-state index in [9.17, 15) is 4.79 Å². The van der Waals surface area contributed by atoms with Gasteiger partial charge in [-0.2, -0.15) is 0 Å². The molecule has 1 aromatic carbocycles. The van der Waals surface area contributed by atoms with Crippen molar-refractivity contribution in [2.24, 2.45) is 11.8 Å². The highest BCUT2D eigenvalue weighted by molar-refractivity contribution is 5.93. The summed E-state index contributed by atoms with van der Waals surface area (Å²) in [7, 11) is 0. The normalized spacial score (nSPS) is 20.0. The van der Waals surface area contributed by atoms with Gasteiger partial charge in [-0.25, -0.2) is 0 Å². The molecule has 0 N–H and O–H groups in total. The van der Waals surface area contributed by atoms with Crippen LogP contribution in [0, 0.1) is 11.8 Å². The Morgan fingerprint density at radius 2 is 1.86 bits per heavy atom. The summed E-state index contributed by atoms with van der Waals surface area (Å²) in [5.74, 6) is 1.47. The van der Waals surface area contributed by atoms with Gasteiger partial charge in [0.25, 0.3) is 0 Å². The fraction of sp³-hybridized carbons (Fsp3) is 0.333. The van der Waals surface area contributed by atoms with Crippen molar-refractivity contribution in [1.82, 2.24) is 4.98 Å². The van der Waals surface area contributed by atoms with Crippen LogP contribution in [-0.2, 0) is 11.3 Å². The molecule has 1 saturated carbocycles. The molecule has 108 valence electrons. The summed E-state index contributed by atoms with van der Waals surface area (Å²) in [6.07, 6.45) is 5.30. The van der Waals surface area contributed by atoms with Gasteiger partial charge in [-0.1, -0.05) is 37.3 Å². The summed E-state index contributed by atoms with van der Waals surface area (Å²) in [5, 5.41) is 0. The Morgan fingerprint density at radius 1 is 1.19 bits per heavy atom. The number of pyridine rings is 1. The molecule has 21 heavy (non-hydrogen) atoms. The van der Waals surface area contributed by atoms with Crippen molar-refractivity contribution < 1.29 is 4.79 Å². The first-order chi connectivity index (χ1) is 10.2. The second kappa shape index (κ2) is 6.08. The Bertz CT molecular complexity index is 597. The van der Waals surface area contributed by atoms with E-state index in [-0.39, 0.29) is 5.91 Å². The number of carbonyl (C=O) groups excluding carboxylic acids is 1. The smallest absolute Gasteiger partial charge is 0.227 e. The van der Waals surface area contributed by atoms with E-state index in [0.29, 0.717) is 24.8 Å². The summed E-state index contributed by atoms with van der Waals surface area (Å²) >= 11 is 0. The summed E-state index contributed by atoms with van der Waals surface area (Å²) in [6.45, 7) is 2.83. The maximum absolute atomic E-state index is 12.6. The van der Waals surface area contributed by atoms with E-state index in [0.717, 1.165) is 11.3 Å². The van der Waals surface area contributed by atoms with Crippen molar-refractivity contribution in [2.75, 3.05) is 4.90 Å². The van der Waals surface area contributed by atoms with E-state index in [2.05, 4.69) is 24.0 Å². The molecule has 2 atom stereocenters. The molecule has 1 aliphatic carbocycles. The van der Waals surface area contributed by atoms with Gasteiger partial charge in [0.05, 0.1) is 6.54 Å². The highest BCUT2D eigenvalue weighted by Crippen LogP contribution is 2.41. The molecule has 3 heteroatoms. The van der Waals surface area contributed by atoms with Crippen LogP contribution in [0.25, 0.3) is 0 Å². The molecule has 3 nitrogen and oxygen atoms in total. The van der Waals surface area contributed by atoms with Gasteiger partial charge in [0, 0.05) is 24.5 Å². The fourth-order valence-corrected chi connectivity index (χ4v) is 2.63. The Morgan fingerprint density at radius 3 is 2.48 bits per heavy atom. The second-order valence-electron chi connectivity index (χ2n) is 5.85. The van der Waals surface area contributed by atoms with Gasteiger partial charge in [0.2, 0.25) is 5.91 Å². The van der Waals surface area contributed by atoms with Crippen molar-refractivity contribution in [2.45, 2.75) is 26.3 Å². The molecule has 0 bridgehead atoms. The molecule has 2 aromatic rings. The first kappa shape index (κ1) is 13.8. The van der Waals surface area contributed by atoms with Gasteiger partial charge < -0.3 is 4.90 Å². The maximum Gasteiger partial charge on any atom is 0.227 e. The molecule has 1 aliphatic rings. The first-order valence-corrected chi connectivity index (χ1v) is 7.48. The Hall–Kier alpha value is -2.16. The van der Waals surface area contributed by atoms with E-state index >= 15 is 0 Å². The Labute approximate surface area is 125 Å². The van der Waals surface area contributed by atoms with Crippen molar-refractivity contribution in [3.63, 3.8) is 0 Å². The summed E-state index contributed by atoms with van der Waals surface area (Å²) in [6, 6.07) is 13.9. The highest BCUT2D eigenvalue weighted by atomic mass is 16.2. The zero-order valence-electron chi connectivity index (χ0n) is 12.3. The zero-order valence-corrected chi connectivity index (χ0v) is 12.3. The monoisotopic (exact) mass is 280 g/mol. The predicted molar refractivity (Wildman–Crippen MR) is 83.8 cm³/mol. The van der Waals surface area contributed by atoms with Crippen molar-refractivity contribution >= 4 is 11.6 Å². The molecule has 2 unspecified atom stereocenters. The van der Waals surface area contributed by atoms with Crippen LogP contribution in [0.3, 0.4) is 0 Å². The van der Waals surface area contributed by atoms with E-state index < -0.39 is 0 Å². The van der Waals surface area contributed by atoms with E-state index in [1.165, 1.54) is 6.42 Å². The van der Waals surface area contributed by atoms with Crippen molar-refractivity contribution in [3.8, 4) is 0 Å². The first-order valence-electron chi connectivity index (χ1n) is 7.48. The van der Waals surface area contributed by atoms with Crippen LogP contribution >= 0.6 is 0 Å². The number of amides is 1. The topological polar surface area (TPSA) is 33.2 Å². The lowest BCUT2D eigenvalue weighted by molar-refractivity contribution is -0.119. The number of hydrogen-bond donors (Lipinski definition) is 0. The number of nitrogens with zero attached hydrogens (tertiary/aromatic N) is 2. The van der Waals surface area contributed by atoms with Gasteiger partial charge in [-0.3, -0.25) is 9.78 Å². The minimum absolute atomic E-state index is 0.208. The number of carbonyl (C=O) groups is 1. The molecular formula is C18H20N2O. The van der Waals surface area contributed by atoms with Gasteiger partial charge in [0.1, 0.15) is 0 Å². The quantitative estimate of drug-likeness (QED) is 0.837. The molecule has 0 aliphatic heterocycles. The molecule has 1 amide bonds. The van der Waals surface area contributed by atoms with E-state index in [4.69, 9.17) is 0 Å². The predicted octanol–water partition coefficient (Wildman–Crippen LogP) is 3.66. The number of rotatable bonds is 5. The summed E-state index contributed by atoms with van der Waals surface area (Å²) in [5.41, 5.74) is 2.07. The zero-order chi connectivity index (χ0) is 14.7. The third kappa shape index (κ3) is 3.48. The fourth-order valence-electron chi connectivity index (χ4n) is 2.63.